The van der Waals surface area contributed by atoms with E-state index < -0.39 is 0 Å². The Morgan fingerprint density at radius 3 is 2.62 bits per heavy atom. The van der Waals surface area contributed by atoms with Crippen LogP contribution in [0.3, 0.4) is 0 Å². The van der Waals surface area contributed by atoms with Crippen LogP contribution in [-0.2, 0) is 4.79 Å². The molecule has 1 aliphatic carbocycles. The van der Waals surface area contributed by atoms with Gasteiger partial charge in [0.15, 0.2) is 0 Å². The van der Waals surface area contributed by atoms with Crippen LogP contribution >= 0.6 is 0 Å². The minimum Gasteiger partial charge on any atom is -0.299 e. The van der Waals surface area contributed by atoms with Crippen LogP contribution in [0.2, 0.25) is 0 Å². The smallest absolute Gasteiger partial charge is 0.142 e. The Morgan fingerprint density at radius 2 is 2.06 bits per heavy atom. The summed E-state index contributed by atoms with van der Waals surface area (Å²) in [6.45, 7) is 9.91. The third-order valence-corrected chi connectivity index (χ3v) is 3.92. The zero-order valence-electron chi connectivity index (χ0n) is 11.1. The van der Waals surface area contributed by atoms with Crippen LogP contribution in [0.1, 0.15) is 59.3 Å². The maximum atomic E-state index is 12.0. The predicted molar refractivity (Wildman–Crippen MR) is 69.3 cm³/mol. The first kappa shape index (κ1) is 13.5. The molecule has 1 saturated carbocycles. The van der Waals surface area contributed by atoms with E-state index in [4.69, 9.17) is 0 Å². The number of carbonyl (C=O) groups is 1. The van der Waals surface area contributed by atoms with Gasteiger partial charge in [-0.05, 0) is 32.1 Å². The number of hydrogen-bond donors (Lipinski definition) is 0. The number of carbonyl (C=O) groups excluding carboxylic acids is 1. The molecule has 0 aromatic carbocycles. The quantitative estimate of drug-likeness (QED) is 0.440. The van der Waals surface area contributed by atoms with Crippen molar-refractivity contribution in [2.45, 2.75) is 59.3 Å². The van der Waals surface area contributed by atoms with Gasteiger partial charge in [0.2, 0.25) is 0 Å². The highest BCUT2D eigenvalue weighted by molar-refractivity contribution is 5.86. The lowest BCUT2D eigenvalue weighted by atomic mass is 9.85. The summed E-state index contributed by atoms with van der Waals surface area (Å²) in [6, 6.07) is 0. The molecule has 0 aliphatic heterocycles. The highest BCUT2D eigenvalue weighted by Crippen LogP contribution is 2.46. The minimum atomic E-state index is -0.323. The normalized spacial score (nSPS) is 24.2. The van der Waals surface area contributed by atoms with Gasteiger partial charge in [-0.2, -0.15) is 0 Å². The first-order chi connectivity index (χ1) is 7.51. The molecule has 0 amide bonds. The van der Waals surface area contributed by atoms with Crippen LogP contribution in [0.25, 0.3) is 0 Å². The molecule has 0 heterocycles. The van der Waals surface area contributed by atoms with E-state index in [0.29, 0.717) is 11.7 Å². The molecule has 0 radical (unpaired) electrons. The molecule has 16 heavy (non-hydrogen) atoms. The maximum Gasteiger partial charge on any atom is 0.142 e. The van der Waals surface area contributed by atoms with Crippen molar-refractivity contribution >= 4 is 5.78 Å². The summed E-state index contributed by atoms with van der Waals surface area (Å²) < 4.78 is 0. The van der Waals surface area contributed by atoms with Crippen molar-refractivity contribution in [2.24, 2.45) is 17.3 Å². The van der Waals surface area contributed by atoms with Crippen LogP contribution in [0.15, 0.2) is 12.7 Å². The highest BCUT2D eigenvalue weighted by Gasteiger charge is 2.39. The molecular weight excluding hydrogens is 196 g/mol. The van der Waals surface area contributed by atoms with E-state index >= 15 is 0 Å². The first-order valence-electron chi connectivity index (χ1n) is 6.68. The zero-order chi connectivity index (χ0) is 12.2. The van der Waals surface area contributed by atoms with Gasteiger partial charge in [-0.15, -0.1) is 6.58 Å². The molecule has 0 aromatic heterocycles. The van der Waals surface area contributed by atoms with E-state index in [1.54, 1.807) is 6.08 Å². The number of unbranched alkanes of at least 4 members (excludes halogenated alkanes) is 2. The van der Waals surface area contributed by atoms with Crippen LogP contribution in [0.4, 0.5) is 0 Å². The zero-order valence-corrected chi connectivity index (χ0v) is 11.1. The van der Waals surface area contributed by atoms with Gasteiger partial charge in [0.1, 0.15) is 5.78 Å². The van der Waals surface area contributed by atoms with Gasteiger partial charge in [0.25, 0.3) is 0 Å². The van der Waals surface area contributed by atoms with Crippen molar-refractivity contribution in [1.82, 2.24) is 0 Å². The van der Waals surface area contributed by atoms with Crippen LogP contribution < -0.4 is 0 Å². The summed E-state index contributed by atoms with van der Waals surface area (Å²) >= 11 is 0. The SMILES string of the molecule is C=CC(C)(C)C(=O)CC1CC1CCCCC. The Labute approximate surface area is 100 Å². The molecule has 92 valence electrons. The Balaban J connectivity index is 2.21. The average molecular weight is 222 g/mol. The fraction of sp³-hybridized carbons (Fsp3) is 0.800. The lowest BCUT2D eigenvalue weighted by Crippen LogP contribution is -2.21. The second kappa shape index (κ2) is 5.65. The molecule has 0 spiro atoms. The summed E-state index contributed by atoms with van der Waals surface area (Å²) in [5, 5.41) is 0. The average Bonchev–Trinajstić information content (AvgIpc) is 2.97. The molecule has 1 aliphatic rings. The Bertz CT molecular complexity index is 252. The monoisotopic (exact) mass is 222 g/mol. The van der Waals surface area contributed by atoms with Gasteiger partial charge in [-0.1, -0.05) is 38.7 Å². The van der Waals surface area contributed by atoms with Crippen molar-refractivity contribution in [3.8, 4) is 0 Å². The minimum absolute atomic E-state index is 0.323. The first-order valence-corrected chi connectivity index (χ1v) is 6.68. The summed E-state index contributed by atoms with van der Waals surface area (Å²) in [5.74, 6) is 1.89. The van der Waals surface area contributed by atoms with Crippen molar-refractivity contribution in [3.63, 3.8) is 0 Å². The lowest BCUT2D eigenvalue weighted by Gasteiger charge is -2.17. The molecule has 1 fully saturated rings. The third kappa shape index (κ3) is 3.77. The summed E-state index contributed by atoms with van der Waals surface area (Å²) in [5.41, 5.74) is -0.323. The molecule has 1 rings (SSSR count). The van der Waals surface area contributed by atoms with Crippen LogP contribution in [-0.4, -0.2) is 5.78 Å². The van der Waals surface area contributed by atoms with Crippen LogP contribution in [0.5, 0.6) is 0 Å². The van der Waals surface area contributed by atoms with E-state index in [2.05, 4.69) is 13.5 Å². The summed E-state index contributed by atoms with van der Waals surface area (Å²) in [7, 11) is 0. The topological polar surface area (TPSA) is 17.1 Å². The highest BCUT2D eigenvalue weighted by atomic mass is 16.1. The number of hydrogen-bond acceptors (Lipinski definition) is 1. The fourth-order valence-corrected chi connectivity index (χ4v) is 2.19. The standard InChI is InChI=1S/C15H26O/c1-5-7-8-9-12-10-13(12)11-14(16)15(3,4)6-2/h6,12-13H,2,5,7-11H2,1,3-4H3. The van der Waals surface area contributed by atoms with Crippen molar-refractivity contribution in [3.05, 3.63) is 12.7 Å². The fourth-order valence-electron chi connectivity index (χ4n) is 2.19. The van der Waals surface area contributed by atoms with Gasteiger partial charge in [0.05, 0.1) is 0 Å². The third-order valence-electron chi connectivity index (χ3n) is 3.92. The number of allylic oxidation sites excluding steroid dienone is 1. The lowest BCUT2D eigenvalue weighted by molar-refractivity contribution is -0.125. The van der Waals surface area contributed by atoms with Gasteiger partial charge in [0, 0.05) is 11.8 Å². The molecule has 2 atom stereocenters. The molecule has 2 unspecified atom stereocenters. The van der Waals surface area contributed by atoms with E-state index in [1.807, 2.05) is 13.8 Å². The predicted octanol–water partition coefficient (Wildman–Crippen LogP) is 4.37. The van der Waals surface area contributed by atoms with E-state index in [1.165, 1.54) is 32.1 Å². The van der Waals surface area contributed by atoms with Gasteiger partial charge >= 0.3 is 0 Å². The molecule has 1 nitrogen and oxygen atoms in total. The molecule has 0 bridgehead atoms. The number of ketones is 1. The Hall–Kier alpha value is -0.590. The molecule has 0 N–H and O–H groups in total. The van der Waals surface area contributed by atoms with Gasteiger partial charge in [-0.3, -0.25) is 4.79 Å². The van der Waals surface area contributed by atoms with E-state index in [0.717, 1.165) is 12.3 Å². The molecular formula is C15H26O. The van der Waals surface area contributed by atoms with E-state index in [-0.39, 0.29) is 5.41 Å². The van der Waals surface area contributed by atoms with Gasteiger partial charge in [-0.25, -0.2) is 0 Å². The summed E-state index contributed by atoms with van der Waals surface area (Å²) in [4.78, 5) is 12.0. The van der Waals surface area contributed by atoms with E-state index in [9.17, 15) is 4.79 Å². The number of rotatable bonds is 8. The van der Waals surface area contributed by atoms with Crippen molar-refractivity contribution in [2.75, 3.05) is 0 Å². The Morgan fingerprint density at radius 1 is 1.38 bits per heavy atom. The second-order valence-corrected chi connectivity index (χ2v) is 5.80. The molecule has 0 saturated heterocycles. The molecule has 0 aromatic rings. The van der Waals surface area contributed by atoms with Crippen LogP contribution in [0, 0.1) is 17.3 Å². The second-order valence-electron chi connectivity index (χ2n) is 5.80. The van der Waals surface area contributed by atoms with Crippen molar-refractivity contribution < 1.29 is 4.79 Å². The van der Waals surface area contributed by atoms with Crippen molar-refractivity contribution in [1.29, 1.82) is 0 Å². The Kier molecular flexibility index (Phi) is 4.76. The maximum absolute atomic E-state index is 12.0. The summed E-state index contributed by atoms with van der Waals surface area (Å²) in [6.07, 6.45) is 9.15. The largest absolute Gasteiger partial charge is 0.299 e. The molecule has 1 heteroatoms. The number of Topliss-reactive ketones (excluding diaryl/α,β-unsaturated/α-hetero) is 1. The van der Waals surface area contributed by atoms with Gasteiger partial charge < -0.3 is 0 Å².